The SMILES string of the molecule is CCCn1c(=O)n(C2CCC(CC(F)(F)F)O2)c2nc(N)[nH]c(=O)c21. The van der Waals surface area contributed by atoms with E-state index in [4.69, 9.17) is 10.5 Å². The van der Waals surface area contributed by atoms with E-state index >= 15 is 0 Å². The summed E-state index contributed by atoms with van der Waals surface area (Å²) >= 11 is 0. The lowest BCUT2D eigenvalue weighted by molar-refractivity contribution is -0.162. The maximum Gasteiger partial charge on any atom is 0.391 e. The summed E-state index contributed by atoms with van der Waals surface area (Å²) < 4.78 is 45.5. The maximum absolute atomic E-state index is 12.7. The molecule has 0 saturated carbocycles. The van der Waals surface area contributed by atoms with Crippen molar-refractivity contribution in [1.82, 2.24) is 19.1 Å². The van der Waals surface area contributed by atoms with E-state index in [2.05, 4.69) is 9.97 Å². The van der Waals surface area contributed by atoms with Gasteiger partial charge in [0.2, 0.25) is 5.95 Å². The molecule has 0 amide bonds. The largest absolute Gasteiger partial charge is 0.391 e. The molecule has 25 heavy (non-hydrogen) atoms. The molecule has 1 aliphatic heterocycles. The molecule has 8 nitrogen and oxygen atoms in total. The van der Waals surface area contributed by atoms with Crippen LogP contribution in [0.25, 0.3) is 11.2 Å². The maximum atomic E-state index is 12.7. The van der Waals surface area contributed by atoms with Crippen molar-refractivity contribution in [2.75, 3.05) is 5.73 Å². The minimum Gasteiger partial charge on any atom is -0.369 e. The number of ether oxygens (including phenoxy) is 1. The van der Waals surface area contributed by atoms with Gasteiger partial charge in [-0.1, -0.05) is 6.92 Å². The first-order valence-electron chi connectivity index (χ1n) is 7.94. The normalized spacial score (nSPS) is 21.3. The number of halogens is 3. The van der Waals surface area contributed by atoms with Gasteiger partial charge in [0.05, 0.1) is 12.5 Å². The lowest BCUT2D eigenvalue weighted by atomic mass is 10.2. The molecule has 0 spiro atoms. The van der Waals surface area contributed by atoms with Gasteiger partial charge in [-0.25, -0.2) is 9.36 Å². The van der Waals surface area contributed by atoms with Gasteiger partial charge in [-0.3, -0.25) is 14.3 Å². The number of nitrogen functional groups attached to an aromatic ring is 1. The second-order valence-electron chi connectivity index (χ2n) is 6.04. The second-order valence-corrected chi connectivity index (χ2v) is 6.04. The molecule has 1 aliphatic rings. The van der Waals surface area contributed by atoms with Crippen molar-refractivity contribution in [3.05, 3.63) is 20.8 Å². The molecule has 0 radical (unpaired) electrons. The van der Waals surface area contributed by atoms with Gasteiger partial charge >= 0.3 is 11.9 Å². The lowest BCUT2D eigenvalue weighted by Crippen LogP contribution is -2.28. The molecule has 1 fully saturated rings. The molecule has 0 aromatic carbocycles. The summed E-state index contributed by atoms with van der Waals surface area (Å²) in [5.74, 6) is -0.176. The molecule has 2 aromatic heterocycles. The Morgan fingerprint density at radius 2 is 2.08 bits per heavy atom. The molecule has 138 valence electrons. The van der Waals surface area contributed by atoms with Gasteiger partial charge in [0.1, 0.15) is 6.23 Å². The van der Waals surface area contributed by atoms with Gasteiger partial charge < -0.3 is 10.5 Å². The van der Waals surface area contributed by atoms with E-state index < -0.39 is 36.2 Å². The number of H-pyrrole nitrogens is 1. The Morgan fingerprint density at radius 3 is 2.72 bits per heavy atom. The van der Waals surface area contributed by atoms with Crippen molar-refractivity contribution in [1.29, 1.82) is 0 Å². The average molecular weight is 361 g/mol. The number of alkyl halides is 3. The number of fused-ring (bicyclic) bond motifs is 1. The van der Waals surface area contributed by atoms with Crippen LogP contribution in [0.3, 0.4) is 0 Å². The Balaban J connectivity index is 2.07. The van der Waals surface area contributed by atoms with Crippen LogP contribution in [0.4, 0.5) is 19.1 Å². The highest BCUT2D eigenvalue weighted by Gasteiger charge is 2.38. The van der Waals surface area contributed by atoms with Gasteiger partial charge in [-0.05, 0) is 19.3 Å². The molecule has 3 N–H and O–H groups in total. The van der Waals surface area contributed by atoms with Crippen LogP contribution in [0.15, 0.2) is 9.59 Å². The molecule has 3 heterocycles. The highest BCUT2D eigenvalue weighted by Crippen LogP contribution is 2.35. The smallest absolute Gasteiger partial charge is 0.369 e. The third-order valence-corrected chi connectivity index (χ3v) is 4.11. The zero-order chi connectivity index (χ0) is 18.4. The third-order valence-electron chi connectivity index (χ3n) is 4.11. The predicted octanol–water partition coefficient (Wildman–Crippen LogP) is 1.51. The summed E-state index contributed by atoms with van der Waals surface area (Å²) in [5.41, 5.74) is 4.51. The quantitative estimate of drug-likeness (QED) is 0.858. The predicted molar refractivity (Wildman–Crippen MR) is 83.1 cm³/mol. The molecular weight excluding hydrogens is 343 g/mol. The summed E-state index contributed by atoms with van der Waals surface area (Å²) in [7, 11) is 0. The van der Waals surface area contributed by atoms with Crippen LogP contribution in [0, 0.1) is 0 Å². The molecule has 3 rings (SSSR count). The fourth-order valence-electron chi connectivity index (χ4n) is 3.18. The fraction of sp³-hybridized carbons (Fsp3) is 0.643. The number of hydrogen-bond acceptors (Lipinski definition) is 5. The van der Waals surface area contributed by atoms with Crippen LogP contribution in [-0.4, -0.2) is 31.4 Å². The number of hydrogen-bond donors (Lipinski definition) is 2. The van der Waals surface area contributed by atoms with Gasteiger partial charge in [0.25, 0.3) is 5.56 Å². The van der Waals surface area contributed by atoms with E-state index in [0.29, 0.717) is 6.42 Å². The van der Waals surface area contributed by atoms with Gasteiger partial charge in [0.15, 0.2) is 11.2 Å². The molecule has 0 bridgehead atoms. The third kappa shape index (κ3) is 3.28. The first-order valence-corrected chi connectivity index (χ1v) is 7.94. The van der Waals surface area contributed by atoms with Gasteiger partial charge in [-0.2, -0.15) is 18.2 Å². The second kappa shape index (κ2) is 6.21. The van der Waals surface area contributed by atoms with Crippen LogP contribution in [0.2, 0.25) is 0 Å². The first-order chi connectivity index (χ1) is 11.7. The van der Waals surface area contributed by atoms with Crippen molar-refractivity contribution in [2.45, 2.75) is 57.7 Å². The van der Waals surface area contributed by atoms with Crippen molar-refractivity contribution in [2.24, 2.45) is 0 Å². The van der Waals surface area contributed by atoms with Crippen LogP contribution in [0.5, 0.6) is 0 Å². The molecule has 0 aliphatic carbocycles. The molecular formula is C14H18F3N5O3. The minimum atomic E-state index is -4.35. The van der Waals surface area contributed by atoms with Gasteiger partial charge in [0, 0.05) is 6.54 Å². The van der Waals surface area contributed by atoms with Gasteiger partial charge in [-0.15, -0.1) is 0 Å². The number of rotatable bonds is 4. The van der Waals surface area contributed by atoms with Crippen molar-refractivity contribution >= 4 is 17.1 Å². The Bertz CT molecular complexity index is 898. The monoisotopic (exact) mass is 361 g/mol. The topological polar surface area (TPSA) is 108 Å². The summed E-state index contributed by atoms with van der Waals surface area (Å²) in [5, 5.41) is 0. The average Bonchev–Trinajstić information content (AvgIpc) is 3.01. The number of aromatic nitrogens is 4. The number of anilines is 1. The van der Waals surface area contributed by atoms with Crippen LogP contribution in [0.1, 0.15) is 38.8 Å². The van der Waals surface area contributed by atoms with E-state index in [1.54, 1.807) is 0 Å². The van der Waals surface area contributed by atoms with Crippen molar-refractivity contribution in [3.63, 3.8) is 0 Å². The number of nitrogens with zero attached hydrogens (tertiary/aromatic N) is 3. The minimum absolute atomic E-state index is 0.0253. The van der Waals surface area contributed by atoms with E-state index in [0.717, 1.165) is 4.57 Å². The molecule has 2 unspecified atom stereocenters. The van der Waals surface area contributed by atoms with Crippen LogP contribution < -0.4 is 17.0 Å². The molecule has 11 heteroatoms. The first kappa shape index (κ1) is 17.5. The number of aromatic amines is 1. The van der Waals surface area contributed by atoms with Crippen molar-refractivity contribution < 1.29 is 17.9 Å². The molecule has 2 aromatic rings. The Morgan fingerprint density at radius 1 is 1.36 bits per heavy atom. The summed E-state index contributed by atoms with van der Waals surface area (Å²) in [4.78, 5) is 31.2. The number of aryl methyl sites for hydroxylation is 1. The van der Waals surface area contributed by atoms with E-state index in [1.165, 1.54) is 4.57 Å². The number of nitrogens with one attached hydrogen (secondary N) is 1. The van der Waals surface area contributed by atoms with E-state index in [1.807, 2.05) is 6.92 Å². The zero-order valence-electron chi connectivity index (χ0n) is 13.5. The number of nitrogens with two attached hydrogens (primary N) is 1. The summed E-state index contributed by atoms with van der Waals surface area (Å²) in [6.07, 6.45) is -6.39. The molecule has 1 saturated heterocycles. The Hall–Kier alpha value is -2.30. The highest BCUT2D eigenvalue weighted by atomic mass is 19.4. The Kier molecular flexibility index (Phi) is 4.35. The molecule has 2 atom stereocenters. The summed E-state index contributed by atoms with van der Waals surface area (Å²) in [6.45, 7) is 2.11. The number of imidazole rings is 1. The van der Waals surface area contributed by atoms with E-state index in [-0.39, 0.29) is 36.5 Å². The standard InChI is InChI=1S/C14H18F3N5O3/c1-2-5-21-9-10(19-12(18)20-11(9)23)22(13(21)24)8-4-3-7(25-8)6-14(15,16)17/h7-8H,2-6H2,1H3,(H3,18,19,20,23). The van der Waals surface area contributed by atoms with Crippen LogP contribution in [-0.2, 0) is 11.3 Å². The Labute approximate surface area is 139 Å². The zero-order valence-corrected chi connectivity index (χ0v) is 13.5. The van der Waals surface area contributed by atoms with Crippen molar-refractivity contribution in [3.8, 4) is 0 Å². The van der Waals surface area contributed by atoms with E-state index in [9.17, 15) is 22.8 Å². The summed E-state index contributed by atoms with van der Waals surface area (Å²) in [6, 6.07) is 0. The highest BCUT2D eigenvalue weighted by molar-refractivity contribution is 5.71. The van der Waals surface area contributed by atoms with Crippen LogP contribution >= 0.6 is 0 Å². The fourth-order valence-corrected chi connectivity index (χ4v) is 3.18. The lowest BCUT2D eigenvalue weighted by Gasteiger charge is -2.16.